The highest BCUT2D eigenvalue weighted by atomic mass is 32.1. The van der Waals surface area contributed by atoms with E-state index in [2.05, 4.69) is 20.5 Å². The van der Waals surface area contributed by atoms with Crippen LogP contribution in [-0.4, -0.2) is 30.2 Å². The topological polar surface area (TPSA) is 80.5 Å². The first-order chi connectivity index (χ1) is 13.0. The predicted molar refractivity (Wildman–Crippen MR) is 108 cm³/mol. The van der Waals surface area contributed by atoms with Crippen LogP contribution in [0, 0.1) is 11.7 Å². The maximum absolute atomic E-state index is 12.5. The Hall–Kier alpha value is -3.04. The minimum atomic E-state index is -0.204. The summed E-state index contributed by atoms with van der Waals surface area (Å²) in [6.45, 7) is 1.88. The van der Waals surface area contributed by atoms with Crippen LogP contribution in [0.15, 0.2) is 48.8 Å². The number of carbonyl (C=O) groups is 1. The third-order valence-corrected chi connectivity index (χ3v) is 5.57. The normalized spacial score (nSPS) is 10.9. The summed E-state index contributed by atoms with van der Waals surface area (Å²) in [6, 6.07) is 11.3. The van der Waals surface area contributed by atoms with Crippen molar-refractivity contribution in [2.45, 2.75) is 6.92 Å². The van der Waals surface area contributed by atoms with Crippen LogP contribution in [0.4, 0.5) is 5.13 Å². The molecule has 0 spiro atoms. The second-order valence-corrected chi connectivity index (χ2v) is 7.32. The van der Waals surface area contributed by atoms with Crippen LogP contribution in [-0.2, 0) is 7.05 Å². The minimum absolute atomic E-state index is 0.204. The van der Waals surface area contributed by atoms with E-state index in [1.54, 1.807) is 16.7 Å². The van der Waals surface area contributed by atoms with E-state index in [9.17, 15) is 4.79 Å². The maximum atomic E-state index is 12.5. The lowest BCUT2D eigenvalue weighted by molar-refractivity contribution is 0.102. The summed E-state index contributed by atoms with van der Waals surface area (Å²) < 4.78 is 4.29. The lowest BCUT2D eigenvalue weighted by Gasteiger charge is -2.05. The summed E-state index contributed by atoms with van der Waals surface area (Å²) in [5.74, 6) is 0.497. The van der Waals surface area contributed by atoms with Gasteiger partial charge in [-0.25, -0.2) is 4.98 Å². The van der Waals surface area contributed by atoms with Gasteiger partial charge >= 0.3 is 0 Å². The molecule has 2 N–H and O–H groups in total. The molecule has 3 heterocycles. The summed E-state index contributed by atoms with van der Waals surface area (Å²) in [7, 11) is 1.84. The van der Waals surface area contributed by atoms with Gasteiger partial charge in [-0.15, -0.1) is 0 Å². The summed E-state index contributed by atoms with van der Waals surface area (Å²) >= 11 is 6.52. The average Bonchev–Trinajstić information content (AvgIpc) is 3.38. The first kappa shape index (κ1) is 17.4. The molecule has 3 aromatic heterocycles. The van der Waals surface area contributed by atoms with Gasteiger partial charge in [0.1, 0.15) is 0 Å². The van der Waals surface area contributed by atoms with Gasteiger partial charge in [-0.2, -0.15) is 5.10 Å². The Balaban J connectivity index is 1.54. The molecule has 0 aliphatic heterocycles. The fourth-order valence-corrected chi connectivity index (χ4v) is 3.79. The third kappa shape index (κ3) is 3.34. The number of thiazole rings is 1. The highest BCUT2D eigenvalue weighted by Crippen LogP contribution is 2.31. The summed E-state index contributed by atoms with van der Waals surface area (Å²) in [6.07, 6.45) is 3.91. The number of nitrogens with one attached hydrogen (secondary N) is 2. The van der Waals surface area contributed by atoms with E-state index in [-0.39, 0.29) is 5.91 Å². The van der Waals surface area contributed by atoms with Gasteiger partial charge in [-0.3, -0.25) is 15.2 Å². The Morgan fingerprint density at radius 3 is 2.56 bits per heavy atom. The van der Waals surface area contributed by atoms with Crippen LogP contribution < -0.4 is 5.32 Å². The molecule has 0 fully saturated rings. The van der Waals surface area contributed by atoms with Gasteiger partial charge in [0.25, 0.3) is 5.91 Å². The van der Waals surface area contributed by atoms with Crippen molar-refractivity contribution in [2.75, 3.05) is 5.32 Å². The highest BCUT2D eigenvalue weighted by Gasteiger charge is 2.16. The lowest BCUT2D eigenvalue weighted by atomic mass is 10.2. The van der Waals surface area contributed by atoms with Crippen LogP contribution >= 0.6 is 23.6 Å². The van der Waals surface area contributed by atoms with E-state index in [0.717, 1.165) is 16.3 Å². The smallest absolute Gasteiger partial charge is 0.257 e. The van der Waals surface area contributed by atoms with E-state index in [1.165, 1.54) is 11.3 Å². The molecular weight excluding hydrogens is 380 g/mol. The number of hydrogen-bond acceptors (Lipinski definition) is 5. The van der Waals surface area contributed by atoms with Gasteiger partial charge in [-0.05, 0) is 55.5 Å². The van der Waals surface area contributed by atoms with Gasteiger partial charge in [-0.1, -0.05) is 11.3 Å². The summed E-state index contributed by atoms with van der Waals surface area (Å²) in [5, 5.41) is 10.4. The molecule has 136 valence electrons. The van der Waals surface area contributed by atoms with Crippen LogP contribution in [0.2, 0.25) is 0 Å². The number of anilines is 1. The number of aromatic nitrogens is 5. The predicted octanol–water partition coefficient (Wildman–Crippen LogP) is 3.95. The molecule has 0 unspecified atom stereocenters. The molecule has 0 radical (unpaired) electrons. The fourth-order valence-electron chi connectivity index (χ4n) is 2.67. The van der Waals surface area contributed by atoms with Crippen LogP contribution in [0.1, 0.15) is 16.1 Å². The summed E-state index contributed by atoms with van der Waals surface area (Å²) in [4.78, 5) is 17.9. The zero-order valence-corrected chi connectivity index (χ0v) is 16.3. The van der Waals surface area contributed by atoms with Gasteiger partial charge in [0.15, 0.2) is 15.7 Å². The molecule has 4 rings (SSSR count). The number of amides is 1. The van der Waals surface area contributed by atoms with Gasteiger partial charge in [0.2, 0.25) is 0 Å². The van der Waals surface area contributed by atoms with Crippen molar-refractivity contribution in [1.29, 1.82) is 0 Å². The number of aryl methyl sites for hydroxylation is 1. The molecule has 0 atom stereocenters. The molecule has 0 aliphatic rings. The Labute approximate surface area is 164 Å². The Bertz CT molecular complexity index is 1150. The Morgan fingerprint density at radius 1 is 1.22 bits per heavy atom. The fraction of sp³-hybridized carbons (Fsp3) is 0.111. The van der Waals surface area contributed by atoms with Gasteiger partial charge < -0.3 is 9.13 Å². The zero-order chi connectivity index (χ0) is 19.0. The number of rotatable bonds is 4. The van der Waals surface area contributed by atoms with Gasteiger partial charge in [0.05, 0.1) is 10.6 Å². The van der Waals surface area contributed by atoms with Crippen molar-refractivity contribution in [3.8, 4) is 16.4 Å². The second kappa shape index (κ2) is 6.93. The largest absolute Gasteiger partial charge is 0.324 e. The quantitative estimate of drug-likeness (QED) is 0.512. The third-order valence-electron chi connectivity index (χ3n) is 4.13. The number of H-pyrrole nitrogens is 1. The monoisotopic (exact) mass is 396 g/mol. The van der Waals surface area contributed by atoms with Crippen LogP contribution in [0.25, 0.3) is 16.4 Å². The number of aromatic amines is 1. The first-order valence-electron chi connectivity index (χ1n) is 8.17. The van der Waals surface area contributed by atoms with Crippen molar-refractivity contribution in [3.63, 3.8) is 0 Å². The van der Waals surface area contributed by atoms with Crippen molar-refractivity contribution < 1.29 is 4.79 Å². The number of carbonyl (C=O) groups excluding carboxylic acids is 1. The molecule has 0 saturated carbocycles. The van der Waals surface area contributed by atoms with Crippen molar-refractivity contribution in [1.82, 2.24) is 24.3 Å². The maximum Gasteiger partial charge on any atom is 0.257 e. The molecule has 0 aliphatic carbocycles. The molecule has 0 saturated heterocycles. The Morgan fingerprint density at radius 2 is 1.93 bits per heavy atom. The van der Waals surface area contributed by atoms with E-state index >= 15 is 0 Å². The second-order valence-electron chi connectivity index (χ2n) is 5.94. The molecule has 7 nitrogen and oxygen atoms in total. The van der Waals surface area contributed by atoms with Gasteiger partial charge in [0, 0.05) is 30.7 Å². The van der Waals surface area contributed by atoms with Crippen molar-refractivity contribution in [2.24, 2.45) is 7.05 Å². The van der Waals surface area contributed by atoms with E-state index in [0.29, 0.717) is 21.3 Å². The molecular formula is C18H16N6OS2. The lowest BCUT2D eigenvalue weighted by Crippen LogP contribution is -2.11. The van der Waals surface area contributed by atoms with Crippen molar-refractivity contribution in [3.05, 3.63) is 64.8 Å². The molecule has 27 heavy (non-hydrogen) atoms. The van der Waals surface area contributed by atoms with Crippen LogP contribution in [0.5, 0.6) is 0 Å². The molecule has 1 amide bonds. The number of nitrogens with zero attached hydrogens (tertiary/aromatic N) is 4. The SMILES string of the molecule is Cc1nc(NC(=O)c2ccc(-n3cccc3)cc2)sc1-c1n[nH]c(=S)n1C. The number of benzene rings is 1. The average molecular weight is 397 g/mol. The molecule has 9 heteroatoms. The zero-order valence-electron chi connectivity index (χ0n) is 14.6. The minimum Gasteiger partial charge on any atom is -0.324 e. The van der Waals surface area contributed by atoms with Crippen molar-refractivity contribution >= 4 is 34.6 Å². The number of hydrogen-bond donors (Lipinski definition) is 2. The molecule has 1 aromatic carbocycles. The molecule has 4 aromatic rings. The highest BCUT2D eigenvalue weighted by molar-refractivity contribution is 7.71. The Kier molecular flexibility index (Phi) is 4.46. The molecule has 0 bridgehead atoms. The summed E-state index contributed by atoms with van der Waals surface area (Å²) in [5.41, 5.74) is 2.35. The first-order valence-corrected chi connectivity index (χ1v) is 9.39. The van der Waals surface area contributed by atoms with E-state index < -0.39 is 0 Å². The van der Waals surface area contributed by atoms with E-state index in [1.807, 2.05) is 55.2 Å². The van der Waals surface area contributed by atoms with E-state index in [4.69, 9.17) is 12.2 Å². The van der Waals surface area contributed by atoms with Crippen LogP contribution in [0.3, 0.4) is 0 Å². The standard InChI is InChI=1S/C18H16N6OS2/c1-11-14(15-21-22-18(26)23(15)2)27-17(19-11)20-16(25)12-5-7-13(8-6-12)24-9-3-4-10-24/h3-10H,1-2H3,(H,22,26)(H,19,20,25).